The maximum Gasteiger partial charge on any atom is 0.282 e. The van der Waals surface area contributed by atoms with Crippen LogP contribution in [0.2, 0.25) is 0 Å². The number of rotatable bonds is 4. The molecule has 8 heteroatoms. The molecule has 0 spiro atoms. The van der Waals surface area contributed by atoms with E-state index in [2.05, 4.69) is 20.6 Å². The molecule has 3 rings (SSSR count). The summed E-state index contributed by atoms with van der Waals surface area (Å²) in [6.45, 7) is 1.35. The van der Waals surface area contributed by atoms with Crippen LogP contribution >= 0.6 is 0 Å². The first-order valence-corrected chi connectivity index (χ1v) is 8.39. The molecule has 0 fully saturated rings. The molecule has 0 saturated heterocycles. The van der Waals surface area contributed by atoms with Crippen LogP contribution in [-0.4, -0.2) is 37.8 Å². The van der Waals surface area contributed by atoms with E-state index in [4.69, 9.17) is 0 Å². The Morgan fingerprint density at radius 3 is 2.44 bits per heavy atom. The monoisotopic (exact) mass is 364 g/mol. The molecule has 2 aromatic rings. The van der Waals surface area contributed by atoms with Crippen molar-refractivity contribution in [1.82, 2.24) is 5.32 Å². The van der Waals surface area contributed by atoms with Crippen LogP contribution in [0.25, 0.3) is 0 Å². The van der Waals surface area contributed by atoms with Crippen molar-refractivity contribution in [2.24, 2.45) is 15.3 Å². The van der Waals surface area contributed by atoms with Gasteiger partial charge in [0.25, 0.3) is 5.91 Å². The second kappa shape index (κ2) is 7.77. The lowest BCUT2D eigenvalue weighted by molar-refractivity contribution is -0.117. The smallest absolute Gasteiger partial charge is 0.282 e. The summed E-state index contributed by atoms with van der Waals surface area (Å²) < 4.78 is 0. The molecule has 8 nitrogen and oxygen atoms in total. The van der Waals surface area contributed by atoms with Gasteiger partial charge in [-0.05, 0) is 24.3 Å². The Morgan fingerprint density at radius 1 is 1.11 bits per heavy atom. The van der Waals surface area contributed by atoms with Gasteiger partial charge in [0.1, 0.15) is 5.69 Å². The highest BCUT2D eigenvalue weighted by atomic mass is 16.2. The summed E-state index contributed by atoms with van der Waals surface area (Å²) >= 11 is 0. The van der Waals surface area contributed by atoms with Crippen molar-refractivity contribution in [3.63, 3.8) is 0 Å². The van der Waals surface area contributed by atoms with Crippen molar-refractivity contribution in [2.75, 3.05) is 24.0 Å². The normalized spacial score (nSPS) is 16.6. The van der Waals surface area contributed by atoms with E-state index in [1.807, 2.05) is 49.3 Å². The van der Waals surface area contributed by atoms with Gasteiger partial charge in [0.2, 0.25) is 11.9 Å². The van der Waals surface area contributed by atoms with E-state index in [-0.39, 0.29) is 17.6 Å². The third-order valence-corrected chi connectivity index (χ3v) is 3.86. The molecule has 0 bridgehead atoms. The van der Waals surface area contributed by atoms with Crippen molar-refractivity contribution < 1.29 is 9.59 Å². The zero-order valence-corrected chi connectivity index (χ0v) is 15.3. The molecule has 1 N–H and O–H groups in total. The summed E-state index contributed by atoms with van der Waals surface area (Å²) in [6.07, 6.45) is 0. The first kappa shape index (κ1) is 18.2. The second-order valence-electron chi connectivity index (χ2n) is 6.15. The standard InChI is InChI=1S/C19H20N6O2/c1-13(26)20-18-17(19(27)25(23-18)14-9-5-4-6-10-14)22-21-15-11-7-8-12-16(15)24(2)3/h4-12,17H,1-3H3,(H,20,23,26)/t17-/m0/s1. The lowest BCUT2D eigenvalue weighted by atomic mass is 10.2. The van der Waals surface area contributed by atoms with Gasteiger partial charge in [0, 0.05) is 21.0 Å². The summed E-state index contributed by atoms with van der Waals surface area (Å²) in [5.74, 6) is -0.552. The zero-order valence-electron chi connectivity index (χ0n) is 15.3. The molecule has 1 aliphatic heterocycles. The number of amides is 2. The molecule has 1 atom stereocenters. The summed E-state index contributed by atoms with van der Waals surface area (Å²) in [5.41, 5.74) is 2.08. The fourth-order valence-electron chi connectivity index (χ4n) is 2.62. The van der Waals surface area contributed by atoms with Gasteiger partial charge in [-0.15, -0.1) is 5.10 Å². The first-order valence-electron chi connectivity index (χ1n) is 8.39. The predicted molar refractivity (Wildman–Crippen MR) is 104 cm³/mol. The maximum absolute atomic E-state index is 12.8. The SMILES string of the molecule is CC(=O)NC1=NN(c2ccccc2)C(=O)[C@H]1N=Nc1ccccc1N(C)C. The highest BCUT2D eigenvalue weighted by Crippen LogP contribution is 2.28. The van der Waals surface area contributed by atoms with E-state index in [1.54, 1.807) is 24.3 Å². The zero-order chi connectivity index (χ0) is 19.4. The van der Waals surface area contributed by atoms with E-state index < -0.39 is 6.04 Å². The minimum absolute atomic E-state index is 0.155. The summed E-state index contributed by atoms with van der Waals surface area (Å²) in [5, 5.41) is 16.5. The number of para-hydroxylation sites is 2. The number of nitrogens with one attached hydrogen (secondary N) is 1. The molecule has 2 aromatic carbocycles. The number of hydrogen-bond acceptors (Lipinski definition) is 6. The number of anilines is 2. The maximum atomic E-state index is 12.8. The number of carbonyl (C=O) groups is 2. The number of carbonyl (C=O) groups excluding carboxylic acids is 2. The van der Waals surface area contributed by atoms with Crippen LogP contribution in [0.3, 0.4) is 0 Å². The van der Waals surface area contributed by atoms with Gasteiger partial charge in [0.05, 0.1) is 11.4 Å². The first-order chi connectivity index (χ1) is 13.0. The van der Waals surface area contributed by atoms with Gasteiger partial charge < -0.3 is 10.2 Å². The largest absolute Gasteiger partial charge is 0.376 e. The van der Waals surface area contributed by atoms with Gasteiger partial charge in [-0.2, -0.15) is 15.2 Å². The Kier molecular flexibility index (Phi) is 5.25. The fourth-order valence-corrected chi connectivity index (χ4v) is 2.62. The highest BCUT2D eigenvalue weighted by Gasteiger charge is 2.38. The van der Waals surface area contributed by atoms with Crippen LogP contribution in [0.4, 0.5) is 17.1 Å². The van der Waals surface area contributed by atoms with Crippen molar-refractivity contribution in [2.45, 2.75) is 13.0 Å². The Bertz CT molecular complexity index is 907. The number of hydrogen-bond donors (Lipinski definition) is 1. The number of benzene rings is 2. The Balaban J connectivity index is 1.93. The van der Waals surface area contributed by atoms with Gasteiger partial charge in [-0.1, -0.05) is 30.3 Å². The Labute approximate surface area is 157 Å². The van der Waals surface area contributed by atoms with E-state index >= 15 is 0 Å². The van der Waals surface area contributed by atoms with Gasteiger partial charge in [-0.25, -0.2) is 0 Å². The van der Waals surface area contributed by atoms with Crippen molar-refractivity contribution in [1.29, 1.82) is 0 Å². The third kappa shape index (κ3) is 4.00. The average Bonchev–Trinajstić information content (AvgIpc) is 2.95. The Hall–Kier alpha value is -3.55. The molecule has 0 radical (unpaired) electrons. The van der Waals surface area contributed by atoms with E-state index in [0.717, 1.165) is 5.69 Å². The van der Waals surface area contributed by atoms with Gasteiger partial charge >= 0.3 is 0 Å². The molecule has 0 aliphatic carbocycles. The van der Waals surface area contributed by atoms with E-state index in [9.17, 15) is 9.59 Å². The summed E-state index contributed by atoms with van der Waals surface area (Å²) in [4.78, 5) is 26.3. The van der Waals surface area contributed by atoms with Gasteiger partial charge in [-0.3, -0.25) is 9.59 Å². The van der Waals surface area contributed by atoms with Crippen molar-refractivity contribution in [3.05, 3.63) is 54.6 Å². The van der Waals surface area contributed by atoms with Crippen molar-refractivity contribution in [3.8, 4) is 0 Å². The molecule has 0 saturated carbocycles. The van der Waals surface area contributed by atoms with Crippen LogP contribution in [0.15, 0.2) is 69.9 Å². The highest BCUT2D eigenvalue weighted by molar-refractivity contribution is 6.21. The molecule has 27 heavy (non-hydrogen) atoms. The average molecular weight is 364 g/mol. The minimum Gasteiger partial charge on any atom is -0.376 e. The number of amidine groups is 1. The van der Waals surface area contributed by atoms with E-state index in [0.29, 0.717) is 11.4 Å². The topological polar surface area (TPSA) is 89.7 Å². The molecule has 0 unspecified atom stereocenters. The number of azo groups is 1. The lowest BCUT2D eigenvalue weighted by Gasteiger charge is -2.14. The van der Waals surface area contributed by atoms with Crippen LogP contribution in [0, 0.1) is 0 Å². The van der Waals surface area contributed by atoms with Gasteiger partial charge in [0.15, 0.2) is 5.84 Å². The molecular weight excluding hydrogens is 344 g/mol. The lowest BCUT2D eigenvalue weighted by Crippen LogP contribution is -2.38. The molecule has 2 amide bonds. The van der Waals surface area contributed by atoms with Crippen LogP contribution in [0.5, 0.6) is 0 Å². The second-order valence-corrected chi connectivity index (χ2v) is 6.15. The quantitative estimate of drug-likeness (QED) is 0.846. The van der Waals surface area contributed by atoms with Crippen molar-refractivity contribution >= 4 is 34.7 Å². The van der Waals surface area contributed by atoms with Crippen LogP contribution < -0.4 is 15.2 Å². The minimum atomic E-state index is -1.01. The number of nitrogens with zero attached hydrogens (tertiary/aromatic N) is 5. The predicted octanol–water partition coefficient (Wildman–Crippen LogP) is 2.70. The Morgan fingerprint density at radius 2 is 1.78 bits per heavy atom. The summed E-state index contributed by atoms with van der Waals surface area (Å²) in [7, 11) is 3.80. The number of hydrazone groups is 1. The van der Waals surface area contributed by atoms with Crippen LogP contribution in [0.1, 0.15) is 6.92 Å². The fraction of sp³-hybridized carbons (Fsp3) is 0.211. The molecule has 1 heterocycles. The molecule has 138 valence electrons. The molecule has 0 aromatic heterocycles. The molecular formula is C19H20N6O2. The van der Waals surface area contributed by atoms with E-state index in [1.165, 1.54) is 11.9 Å². The molecule has 1 aliphatic rings. The summed E-state index contributed by atoms with van der Waals surface area (Å²) in [6, 6.07) is 15.4. The third-order valence-electron chi connectivity index (χ3n) is 3.86. The van der Waals surface area contributed by atoms with Crippen LogP contribution in [-0.2, 0) is 9.59 Å².